The zero-order valence-electron chi connectivity index (χ0n) is 83.1. The SMILES string of the molecule is CC(C)Cn1nc(C(=O)O)cc1-c1ccc(-c2ccc(CO)c(S(C)(=O)=O)c2)cc1.CC1(C)OB(c2ccc(CO)c(S(C)(=O)=O)c2)OC1(C)C.CCCC(=O)c1cc(-c2ccc(-c3ccc(CO)c(S(C)(=O)=O)c3)cc2)n(CC(C)C)n1.CCOC(=O)c1cc(-c2ccc(-c3ccc(CO)c(S(C)(=O)=O)c3)cc2)n(CC(C)C)n1.CCOC(=O)c1cc(-c2ccc(Br)cc2)n(CC(C)C)n1.NCC(F)(F)F. The maximum atomic E-state index is 12.4. The Labute approximate surface area is 837 Å². The van der Waals surface area contributed by atoms with Crippen molar-refractivity contribution >= 4 is 91.6 Å². The van der Waals surface area contributed by atoms with Gasteiger partial charge >= 0.3 is 31.2 Å². The van der Waals surface area contributed by atoms with E-state index in [0.29, 0.717) is 107 Å². The minimum absolute atomic E-state index is 0.00730. The van der Waals surface area contributed by atoms with E-state index in [4.69, 9.17) is 18.8 Å². The summed E-state index contributed by atoms with van der Waals surface area (Å²) in [7, 11) is -14.5. The molecule has 7 N–H and O–H groups in total. The van der Waals surface area contributed by atoms with Gasteiger partial charge in [0.05, 0.1) is 99.7 Å². The number of carbonyl (C=O) groups excluding carboxylic acids is 3. The monoisotopic (exact) mass is 2100 g/mol. The Bertz CT molecular complexity index is 6660. The van der Waals surface area contributed by atoms with Crippen LogP contribution in [0.4, 0.5) is 13.2 Å². The molecule has 0 bridgehead atoms. The molecule has 1 fully saturated rings. The fraction of sp³-hybridized carbons (Fsp3) is 0.379. The lowest BCUT2D eigenvalue weighted by molar-refractivity contribution is -0.118. The van der Waals surface area contributed by atoms with Crippen LogP contribution in [0.1, 0.15) is 181 Å². The Morgan fingerprint density at radius 2 is 0.648 bits per heavy atom. The van der Waals surface area contributed by atoms with E-state index in [-0.39, 0.29) is 75.8 Å². The number of nitrogens with zero attached hydrogens (tertiary/aromatic N) is 8. The van der Waals surface area contributed by atoms with E-state index >= 15 is 0 Å². The van der Waals surface area contributed by atoms with Gasteiger partial charge in [0.15, 0.2) is 62.2 Å². The summed E-state index contributed by atoms with van der Waals surface area (Å²) >= 11 is 3.43. The van der Waals surface area contributed by atoms with Crippen LogP contribution in [-0.2, 0) is 111 Å². The van der Waals surface area contributed by atoms with Crippen molar-refractivity contribution in [2.45, 2.75) is 206 Å². The van der Waals surface area contributed by atoms with Crippen molar-refractivity contribution in [1.29, 1.82) is 0 Å². The largest absolute Gasteiger partial charge is 0.494 e. The summed E-state index contributed by atoms with van der Waals surface area (Å²) in [4.78, 5) is 48.2. The number of aromatic nitrogens is 8. The number of carboxylic acid groups (broad SMARTS) is 1. The molecule has 0 radical (unpaired) electrons. The van der Waals surface area contributed by atoms with Gasteiger partial charge in [0.2, 0.25) is 0 Å². The van der Waals surface area contributed by atoms with E-state index in [2.05, 4.69) is 83.6 Å². The molecule has 0 aliphatic carbocycles. The van der Waals surface area contributed by atoms with E-state index < -0.39 is 82.3 Å². The molecular weight excluding hydrogens is 1980 g/mol. The maximum Gasteiger partial charge on any atom is 0.494 e. The normalized spacial score (nSPS) is 13.0. The molecule has 30 nitrogen and oxygen atoms in total. The molecule has 8 aromatic carbocycles. The zero-order valence-corrected chi connectivity index (χ0v) is 88.0. The third kappa shape index (κ3) is 32.0. The van der Waals surface area contributed by atoms with Crippen molar-refractivity contribution < 1.29 is 110 Å². The van der Waals surface area contributed by atoms with Crippen LogP contribution in [0.2, 0.25) is 0 Å². The molecule has 0 amide bonds. The lowest BCUT2D eigenvalue weighted by Crippen LogP contribution is -2.41. The molecule has 0 unspecified atom stereocenters. The van der Waals surface area contributed by atoms with Crippen LogP contribution in [0, 0.1) is 23.7 Å². The summed E-state index contributed by atoms with van der Waals surface area (Å²) < 4.78 is 158. The highest BCUT2D eigenvalue weighted by molar-refractivity contribution is 9.10. The number of hydrogen-bond donors (Lipinski definition) is 6. The average Bonchev–Trinajstić information content (AvgIpc) is 1.47. The first-order chi connectivity index (χ1) is 66.4. The van der Waals surface area contributed by atoms with E-state index in [1.54, 1.807) is 103 Å². The maximum absolute atomic E-state index is 12.4. The fourth-order valence-corrected chi connectivity index (χ4v) is 18.7. The quantitative estimate of drug-likeness (QED) is 0.0130. The first kappa shape index (κ1) is 116. The molecule has 13 rings (SSSR count). The van der Waals surface area contributed by atoms with Gasteiger partial charge in [-0.2, -0.15) is 33.6 Å². The molecule has 1 aliphatic heterocycles. The van der Waals surface area contributed by atoms with Gasteiger partial charge in [0.25, 0.3) is 0 Å². The summed E-state index contributed by atoms with van der Waals surface area (Å²) in [6, 6.07) is 57.5. The molecule has 142 heavy (non-hydrogen) atoms. The van der Waals surface area contributed by atoms with Crippen molar-refractivity contribution in [3.05, 3.63) is 244 Å². The topological polar surface area (TPSA) is 440 Å². The van der Waals surface area contributed by atoms with Crippen LogP contribution in [0.25, 0.3) is 78.4 Å². The first-order valence-electron chi connectivity index (χ1n) is 45.8. The number of Topliss-reactive ketones (excluding diaryl/α,β-unsaturated/α-hetero) is 1. The van der Waals surface area contributed by atoms with Gasteiger partial charge in [-0.05, 0) is 216 Å². The number of aliphatic hydroxyl groups is 4. The fourth-order valence-electron chi connectivity index (χ4n) is 14.7. The predicted octanol–water partition coefficient (Wildman–Crippen LogP) is 17.7. The molecule has 0 saturated carbocycles. The number of hydrogen-bond acceptors (Lipinski definition) is 25. The van der Waals surface area contributed by atoms with E-state index in [0.717, 1.165) is 110 Å². The van der Waals surface area contributed by atoms with Crippen molar-refractivity contribution in [2.75, 3.05) is 44.8 Å². The van der Waals surface area contributed by atoms with Gasteiger partial charge < -0.3 is 50.0 Å². The van der Waals surface area contributed by atoms with Gasteiger partial charge in [0, 0.05) is 62.1 Å². The number of esters is 2. The second-order valence-electron chi connectivity index (χ2n) is 36.6. The van der Waals surface area contributed by atoms with Gasteiger partial charge in [-0.3, -0.25) is 23.5 Å². The molecule has 0 spiro atoms. The lowest BCUT2D eigenvalue weighted by atomic mass is 9.79. The molecule has 0 atom stereocenters. The Hall–Kier alpha value is -11.5. The molecule has 4 aromatic heterocycles. The van der Waals surface area contributed by atoms with Crippen LogP contribution >= 0.6 is 15.9 Å². The van der Waals surface area contributed by atoms with Crippen LogP contribution in [0.15, 0.2) is 218 Å². The molecule has 12 aromatic rings. The number of alkyl halides is 3. The summed E-state index contributed by atoms with van der Waals surface area (Å²) in [5, 5.41) is 64.5. The molecular formula is C103H126BBrF3N9O21S4. The number of aliphatic hydroxyl groups excluding tert-OH is 4. The number of rotatable bonds is 32. The van der Waals surface area contributed by atoms with Crippen LogP contribution in [0.3, 0.4) is 0 Å². The zero-order chi connectivity index (χ0) is 106. The standard InChI is InChI=1S/C25H30N2O4S.C24H28N2O5S.C22H24N2O5S.C16H19BrN2O2.C14H21BO5S.C2H4F3N/c1-5-6-24(29)22-14-23(27(26-22)15-17(2)3)19-9-7-18(8-10-19)20-11-12-21(16-28)25(13-20)32(4,30)31;1-5-31-24(28)21-13-22(26(25-21)14-16(2)3)18-8-6-17(7-9-18)19-10-11-20(15-27)23(12-19)32(4,29)30;1-14(2)12-24-20(11-19(23-24)22(26)27)16-6-4-15(5-7-16)17-8-9-18(13-25)21(10-17)30(3,28)29;1-4-21-16(20)14-9-15(19(18-14)10-11(2)3)12-5-7-13(17)8-6-12;1-13(2)14(3,4)20-15(19-13)11-7-6-10(9-16)12(8-11)21(5,17)18;3-2(4,5)1-6/h7-14,17,28H,5-6,15-16H2,1-4H3;6-13,16,27H,5,14-15H2,1-4H3;4-11,14,25H,12-13H2,1-3H3,(H,26,27);5-9,11H,4,10H2,1-3H3;6-8,16H,9H2,1-5H3;1,6H2. The number of carbonyl (C=O) groups is 4. The predicted molar refractivity (Wildman–Crippen MR) is 546 cm³/mol. The molecule has 39 heteroatoms. The number of ketones is 1. The molecule has 1 aliphatic rings. The van der Waals surface area contributed by atoms with Gasteiger partial charge in [-0.1, -0.05) is 212 Å². The van der Waals surface area contributed by atoms with Gasteiger partial charge in [-0.25, -0.2) is 48.1 Å². The lowest BCUT2D eigenvalue weighted by Gasteiger charge is -2.32. The second-order valence-corrected chi connectivity index (χ2v) is 45.4. The van der Waals surface area contributed by atoms with Crippen molar-refractivity contribution in [1.82, 2.24) is 39.1 Å². The summed E-state index contributed by atoms with van der Waals surface area (Å²) in [6.07, 6.45) is 1.58. The average molecular weight is 2100 g/mol. The number of carboxylic acids is 1. The highest BCUT2D eigenvalue weighted by Crippen LogP contribution is 2.39. The minimum atomic E-state index is -4.18. The number of aromatic carboxylic acids is 1. The second kappa shape index (κ2) is 50.2. The van der Waals surface area contributed by atoms with Gasteiger partial charge in [-0.15, -0.1) is 0 Å². The Kier molecular flexibility index (Phi) is 40.9. The number of sulfone groups is 4. The van der Waals surface area contributed by atoms with Gasteiger partial charge in [0.1, 0.15) is 5.69 Å². The van der Waals surface area contributed by atoms with Crippen LogP contribution in [0.5, 0.6) is 0 Å². The summed E-state index contributed by atoms with van der Waals surface area (Å²) in [5.74, 6) is -0.414. The summed E-state index contributed by atoms with van der Waals surface area (Å²) in [6.45, 7) is 30.7. The first-order valence-corrected chi connectivity index (χ1v) is 54.2. The Morgan fingerprint density at radius 1 is 0.401 bits per heavy atom. The van der Waals surface area contributed by atoms with E-state index in [9.17, 15) is 91.6 Å². The third-order valence-electron chi connectivity index (χ3n) is 22.2. The number of ether oxygens (including phenoxy) is 2. The van der Waals surface area contributed by atoms with Crippen molar-refractivity contribution in [3.63, 3.8) is 0 Å². The number of halogens is 4. The van der Waals surface area contributed by atoms with Crippen molar-refractivity contribution in [3.8, 4) is 78.4 Å². The molecule has 5 heterocycles. The van der Waals surface area contributed by atoms with E-state index in [1.807, 2.05) is 166 Å². The third-order valence-corrected chi connectivity index (χ3v) is 27.5. The Balaban J connectivity index is 0.000000216. The molecule has 764 valence electrons. The van der Waals surface area contributed by atoms with Crippen LogP contribution < -0.4 is 11.2 Å². The smallest absolute Gasteiger partial charge is 0.476 e. The Morgan fingerprint density at radius 3 is 0.908 bits per heavy atom. The van der Waals surface area contributed by atoms with Crippen LogP contribution in [-0.4, -0.2) is 191 Å². The number of nitrogens with two attached hydrogens (primary N) is 1. The highest BCUT2D eigenvalue weighted by atomic mass is 79.9. The van der Waals surface area contributed by atoms with E-state index in [1.165, 1.54) is 6.07 Å². The minimum Gasteiger partial charge on any atom is -0.476 e. The molecule has 1 saturated heterocycles. The summed E-state index contributed by atoms with van der Waals surface area (Å²) in [5.41, 5.74) is 18.1. The highest BCUT2D eigenvalue weighted by Gasteiger charge is 2.52. The number of benzene rings is 8. The van der Waals surface area contributed by atoms with Crippen molar-refractivity contribution in [2.24, 2.45) is 29.4 Å².